The fraction of sp³-hybridized carbons (Fsp3) is 0.208. The summed E-state index contributed by atoms with van der Waals surface area (Å²) in [5.74, 6) is -0.183. The normalized spacial score (nSPS) is 15.6. The minimum atomic E-state index is -0.878. The number of rotatable bonds is 6. The van der Waals surface area contributed by atoms with E-state index in [1.165, 1.54) is 0 Å². The smallest absolute Gasteiger partial charge is 0.252 e. The summed E-state index contributed by atoms with van der Waals surface area (Å²) in [6.45, 7) is 0. The van der Waals surface area contributed by atoms with E-state index in [9.17, 15) is 9.90 Å². The molecule has 1 saturated carbocycles. The van der Waals surface area contributed by atoms with Gasteiger partial charge in [0.15, 0.2) is 6.23 Å². The second-order valence-corrected chi connectivity index (χ2v) is 8.95. The molecule has 1 aliphatic rings. The Morgan fingerprint density at radius 1 is 0.935 bits per heavy atom. The van der Waals surface area contributed by atoms with Gasteiger partial charge in [-0.2, -0.15) is 0 Å². The van der Waals surface area contributed by atoms with Crippen molar-refractivity contribution < 1.29 is 9.90 Å². The Hall–Kier alpha value is -2.24. The van der Waals surface area contributed by atoms with Crippen LogP contribution in [-0.2, 0) is 5.54 Å². The summed E-state index contributed by atoms with van der Waals surface area (Å²) in [5.41, 5.74) is 2.54. The standard InChI is InChI=1S/C24H21Cl3N2O2/c25-18-4-1-3-15(13-18)22(30)28-19-8-6-17(7-9-19)24(11-2-12-24)29-23(31)16-5-10-20(26)21(27)14-16/h1,3-10,13-14,22,28,30H,2,11-12H2,(H,29,31). The lowest BCUT2D eigenvalue weighted by molar-refractivity contribution is 0.0823. The minimum absolute atomic E-state index is 0.183. The topological polar surface area (TPSA) is 61.4 Å². The molecule has 4 nitrogen and oxygen atoms in total. The molecule has 0 radical (unpaired) electrons. The van der Waals surface area contributed by atoms with Crippen LogP contribution in [0.4, 0.5) is 5.69 Å². The lowest BCUT2D eigenvalue weighted by atomic mass is 9.71. The summed E-state index contributed by atoms with van der Waals surface area (Å²) in [4.78, 5) is 12.8. The van der Waals surface area contributed by atoms with E-state index in [1.807, 2.05) is 24.3 Å². The average molecular weight is 476 g/mol. The molecule has 31 heavy (non-hydrogen) atoms. The van der Waals surface area contributed by atoms with Crippen molar-refractivity contribution in [1.29, 1.82) is 0 Å². The van der Waals surface area contributed by atoms with Crippen LogP contribution in [-0.4, -0.2) is 11.0 Å². The zero-order valence-corrected chi connectivity index (χ0v) is 18.8. The predicted octanol–water partition coefficient (Wildman–Crippen LogP) is 6.56. The fourth-order valence-electron chi connectivity index (χ4n) is 3.75. The molecule has 1 atom stereocenters. The molecule has 3 N–H and O–H groups in total. The van der Waals surface area contributed by atoms with Crippen LogP contribution in [0.3, 0.4) is 0 Å². The number of anilines is 1. The zero-order valence-electron chi connectivity index (χ0n) is 16.5. The van der Waals surface area contributed by atoms with Gasteiger partial charge in [0, 0.05) is 21.8 Å². The molecule has 1 fully saturated rings. The third-order valence-electron chi connectivity index (χ3n) is 5.65. The van der Waals surface area contributed by atoms with Crippen LogP contribution in [0.25, 0.3) is 0 Å². The number of amides is 1. The van der Waals surface area contributed by atoms with E-state index < -0.39 is 11.8 Å². The molecule has 0 aromatic heterocycles. The van der Waals surface area contributed by atoms with Gasteiger partial charge >= 0.3 is 0 Å². The number of hydrogen-bond donors (Lipinski definition) is 3. The molecule has 4 rings (SSSR count). The Morgan fingerprint density at radius 2 is 1.68 bits per heavy atom. The summed E-state index contributed by atoms with van der Waals surface area (Å²) in [6.07, 6.45) is 1.88. The van der Waals surface area contributed by atoms with Gasteiger partial charge in [-0.15, -0.1) is 0 Å². The highest BCUT2D eigenvalue weighted by atomic mass is 35.5. The molecule has 1 unspecified atom stereocenters. The number of nitrogens with one attached hydrogen (secondary N) is 2. The summed E-state index contributed by atoms with van der Waals surface area (Å²) in [5, 5.41) is 18.0. The van der Waals surface area contributed by atoms with Crippen molar-refractivity contribution in [2.24, 2.45) is 0 Å². The van der Waals surface area contributed by atoms with E-state index in [2.05, 4.69) is 10.6 Å². The van der Waals surface area contributed by atoms with Gasteiger partial charge in [-0.1, -0.05) is 59.1 Å². The van der Waals surface area contributed by atoms with E-state index in [-0.39, 0.29) is 5.91 Å². The maximum atomic E-state index is 12.8. The zero-order chi connectivity index (χ0) is 22.0. The van der Waals surface area contributed by atoms with Crippen molar-refractivity contribution in [3.05, 3.63) is 98.5 Å². The van der Waals surface area contributed by atoms with Crippen LogP contribution in [0.1, 0.15) is 47.0 Å². The number of carbonyl (C=O) groups excluding carboxylic acids is 1. The van der Waals surface area contributed by atoms with Crippen LogP contribution in [0.15, 0.2) is 66.7 Å². The first kappa shape index (κ1) is 22.0. The quantitative estimate of drug-likeness (QED) is 0.354. The predicted molar refractivity (Wildman–Crippen MR) is 126 cm³/mol. The van der Waals surface area contributed by atoms with Crippen molar-refractivity contribution in [2.75, 3.05) is 5.32 Å². The van der Waals surface area contributed by atoms with Crippen molar-refractivity contribution in [3.8, 4) is 0 Å². The fourth-order valence-corrected chi connectivity index (χ4v) is 4.24. The van der Waals surface area contributed by atoms with Crippen LogP contribution in [0, 0.1) is 0 Å². The Morgan fingerprint density at radius 3 is 2.29 bits per heavy atom. The van der Waals surface area contributed by atoms with Crippen molar-refractivity contribution in [1.82, 2.24) is 5.32 Å². The molecule has 3 aromatic carbocycles. The summed E-state index contributed by atoms with van der Waals surface area (Å²) in [7, 11) is 0. The van der Waals surface area contributed by atoms with E-state index in [0.29, 0.717) is 26.2 Å². The SMILES string of the molecule is O=C(NC1(c2ccc(NC(O)c3cccc(Cl)c3)cc2)CCC1)c1ccc(Cl)c(Cl)c1. The molecule has 7 heteroatoms. The molecular formula is C24H21Cl3N2O2. The monoisotopic (exact) mass is 474 g/mol. The Bertz CT molecular complexity index is 1100. The molecule has 0 bridgehead atoms. The van der Waals surface area contributed by atoms with Gasteiger partial charge in [0.1, 0.15) is 0 Å². The number of benzene rings is 3. The first-order valence-electron chi connectivity index (χ1n) is 9.94. The maximum absolute atomic E-state index is 12.8. The Kier molecular flexibility index (Phi) is 6.44. The van der Waals surface area contributed by atoms with Crippen LogP contribution >= 0.6 is 34.8 Å². The van der Waals surface area contributed by atoms with E-state index in [1.54, 1.807) is 42.5 Å². The van der Waals surface area contributed by atoms with Crippen molar-refractivity contribution in [3.63, 3.8) is 0 Å². The van der Waals surface area contributed by atoms with Gasteiger partial charge in [-0.05, 0) is 67.3 Å². The number of aliphatic hydroxyl groups is 1. The van der Waals surface area contributed by atoms with Crippen LogP contribution in [0.2, 0.25) is 15.1 Å². The van der Waals surface area contributed by atoms with Gasteiger partial charge in [0.2, 0.25) is 0 Å². The molecule has 0 saturated heterocycles. The van der Waals surface area contributed by atoms with Gasteiger partial charge in [-0.3, -0.25) is 4.79 Å². The van der Waals surface area contributed by atoms with Gasteiger partial charge in [-0.25, -0.2) is 0 Å². The highest BCUT2D eigenvalue weighted by molar-refractivity contribution is 6.42. The molecule has 160 valence electrons. The summed E-state index contributed by atoms with van der Waals surface area (Å²) >= 11 is 18.0. The maximum Gasteiger partial charge on any atom is 0.252 e. The third-order valence-corrected chi connectivity index (χ3v) is 6.62. The minimum Gasteiger partial charge on any atom is -0.369 e. The lowest BCUT2D eigenvalue weighted by Gasteiger charge is -2.43. The molecular weight excluding hydrogens is 455 g/mol. The molecule has 1 amide bonds. The van der Waals surface area contributed by atoms with Gasteiger partial charge in [0.25, 0.3) is 5.91 Å². The molecule has 3 aromatic rings. The first-order valence-corrected chi connectivity index (χ1v) is 11.1. The Balaban J connectivity index is 1.47. The highest BCUT2D eigenvalue weighted by Crippen LogP contribution is 2.42. The Labute approximate surface area is 196 Å². The summed E-state index contributed by atoms with van der Waals surface area (Å²) in [6, 6.07) is 19.7. The van der Waals surface area contributed by atoms with Crippen molar-refractivity contribution >= 4 is 46.4 Å². The van der Waals surface area contributed by atoms with E-state index in [4.69, 9.17) is 34.8 Å². The van der Waals surface area contributed by atoms with Gasteiger partial charge < -0.3 is 15.7 Å². The number of hydrogen-bond acceptors (Lipinski definition) is 3. The van der Waals surface area contributed by atoms with E-state index >= 15 is 0 Å². The molecule has 0 spiro atoms. The molecule has 0 heterocycles. The molecule has 0 aliphatic heterocycles. The number of carbonyl (C=O) groups is 1. The second-order valence-electron chi connectivity index (χ2n) is 7.70. The average Bonchev–Trinajstić information content (AvgIpc) is 2.73. The number of halogens is 3. The van der Waals surface area contributed by atoms with Gasteiger partial charge in [0.05, 0.1) is 15.6 Å². The lowest BCUT2D eigenvalue weighted by Crippen LogP contribution is -2.50. The molecule has 1 aliphatic carbocycles. The number of aliphatic hydroxyl groups excluding tert-OH is 1. The second kappa shape index (κ2) is 9.09. The summed E-state index contributed by atoms with van der Waals surface area (Å²) < 4.78 is 0. The van der Waals surface area contributed by atoms with Crippen molar-refractivity contribution in [2.45, 2.75) is 31.0 Å². The third kappa shape index (κ3) is 4.83. The largest absolute Gasteiger partial charge is 0.369 e. The van der Waals surface area contributed by atoms with E-state index in [0.717, 1.165) is 30.5 Å². The first-order chi connectivity index (χ1) is 14.9. The van der Waals surface area contributed by atoms with Crippen LogP contribution < -0.4 is 10.6 Å². The highest BCUT2D eigenvalue weighted by Gasteiger charge is 2.40. The van der Waals surface area contributed by atoms with Crippen LogP contribution in [0.5, 0.6) is 0 Å².